The zero-order valence-electron chi connectivity index (χ0n) is 13.8. The van der Waals surface area contributed by atoms with Crippen LogP contribution in [0.4, 0.5) is 0 Å². The van der Waals surface area contributed by atoms with Gasteiger partial charge in [0.2, 0.25) is 0 Å². The molecule has 2 saturated heterocycles. The number of halogens is 1. The third-order valence-corrected chi connectivity index (χ3v) is 5.49. The van der Waals surface area contributed by atoms with E-state index in [1.807, 2.05) is 4.90 Å². The molecule has 0 radical (unpaired) electrons. The second-order valence-electron chi connectivity index (χ2n) is 6.95. The van der Waals surface area contributed by atoms with E-state index in [-0.39, 0.29) is 30.5 Å². The molecule has 132 valence electrons. The lowest BCUT2D eigenvalue weighted by Gasteiger charge is -2.32. The third-order valence-electron chi connectivity index (χ3n) is 5.24. The number of aliphatic hydroxyl groups excluding tert-OH is 2. The Bertz CT molecular complexity index is 558. The van der Waals surface area contributed by atoms with Crippen molar-refractivity contribution >= 4 is 17.5 Å². The van der Waals surface area contributed by atoms with Crippen LogP contribution in [0.2, 0.25) is 5.02 Å². The molecule has 0 saturated carbocycles. The number of aliphatic hydroxyl groups is 2. The van der Waals surface area contributed by atoms with Gasteiger partial charge in [-0.25, -0.2) is 0 Å². The average molecular weight is 353 g/mol. The van der Waals surface area contributed by atoms with Crippen LogP contribution in [0.25, 0.3) is 0 Å². The second kappa shape index (κ2) is 7.83. The van der Waals surface area contributed by atoms with Crippen molar-refractivity contribution in [2.75, 3.05) is 39.3 Å². The topological polar surface area (TPSA) is 64.0 Å². The largest absolute Gasteiger partial charge is 0.396 e. The number of carbonyl (C=O) groups excluding carboxylic acids is 1. The molecule has 0 aliphatic carbocycles. The Kier molecular flexibility index (Phi) is 5.76. The first-order chi connectivity index (χ1) is 11.6. The molecule has 2 aliphatic rings. The summed E-state index contributed by atoms with van der Waals surface area (Å²) >= 11 is 5.88. The van der Waals surface area contributed by atoms with Crippen LogP contribution >= 0.6 is 11.6 Å². The molecule has 3 rings (SSSR count). The van der Waals surface area contributed by atoms with Gasteiger partial charge in [0.15, 0.2) is 0 Å². The van der Waals surface area contributed by atoms with Crippen LogP contribution in [0.15, 0.2) is 24.3 Å². The summed E-state index contributed by atoms with van der Waals surface area (Å²) in [6.45, 7) is 4.03. The fraction of sp³-hybridized carbons (Fsp3) is 0.611. The average Bonchev–Trinajstić information content (AvgIpc) is 3.00. The molecule has 2 heterocycles. The number of carbonyl (C=O) groups is 1. The van der Waals surface area contributed by atoms with E-state index in [9.17, 15) is 15.0 Å². The lowest BCUT2D eigenvalue weighted by atomic mass is 9.95. The van der Waals surface area contributed by atoms with Crippen molar-refractivity contribution in [2.24, 2.45) is 11.8 Å². The number of hydrogen-bond acceptors (Lipinski definition) is 4. The van der Waals surface area contributed by atoms with Crippen molar-refractivity contribution in [3.8, 4) is 0 Å². The Morgan fingerprint density at radius 3 is 2.38 bits per heavy atom. The fourth-order valence-electron chi connectivity index (χ4n) is 3.73. The number of amides is 1. The van der Waals surface area contributed by atoms with Crippen LogP contribution in [0.1, 0.15) is 23.2 Å². The van der Waals surface area contributed by atoms with Crippen molar-refractivity contribution in [3.05, 3.63) is 34.9 Å². The molecule has 0 spiro atoms. The van der Waals surface area contributed by atoms with Crippen molar-refractivity contribution in [3.63, 3.8) is 0 Å². The summed E-state index contributed by atoms with van der Waals surface area (Å²) < 4.78 is 0. The van der Waals surface area contributed by atoms with Crippen molar-refractivity contribution in [1.29, 1.82) is 0 Å². The SMILES string of the molecule is O=C(c1ccc(Cl)cc1)N1CC(CO)C(CN2CCC(O)CC2)C1. The van der Waals surface area contributed by atoms with Gasteiger partial charge in [-0.05, 0) is 43.0 Å². The summed E-state index contributed by atoms with van der Waals surface area (Å²) in [5.41, 5.74) is 0.637. The Hall–Kier alpha value is -1.14. The van der Waals surface area contributed by atoms with E-state index in [0.717, 1.165) is 32.5 Å². The highest BCUT2D eigenvalue weighted by Gasteiger charge is 2.36. The molecule has 2 atom stereocenters. The molecule has 2 fully saturated rings. The number of rotatable bonds is 4. The zero-order valence-corrected chi connectivity index (χ0v) is 14.5. The van der Waals surface area contributed by atoms with E-state index in [0.29, 0.717) is 23.7 Å². The van der Waals surface area contributed by atoms with Crippen molar-refractivity contribution in [2.45, 2.75) is 18.9 Å². The minimum Gasteiger partial charge on any atom is -0.396 e. The van der Waals surface area contributed by atoms with Gasteiger partial charge in [-0.15, -0.1) is 0 Å². The normalized spacial score (nSPS) is 26.0. The lowest BCUT2D eigenvalue weighted by Crippen LogP contribution is -2.40. The monoisotopic (exact) mass is 352 g/mol. The van der Waals surface area contributed by atoms with E-state index < -0.39 is 0 Å². The summed E-state index contributed by atoms with van der Waals surface area (Å²) in [4.78, 5) is 16.8. The Morgan fingerprint density at radius 1 is 1.12 bits per heavy atom. The molecule has 0 bridgehead atoms. The van der Waals surface area contributed by atoms with Crippen LogP contribution in [0.3, 0.4) is 0 Å². The van der Waals surface area contributed by atoms with Gasteiger partial charge >= 0.3 is 0 Å². The molecule has 0 aromatic heterocycles. The first-order valence-corrected chi connectivity index (χ1v) is 9.00. The van der Waals surface area contributed by atoms with Gasteiger partial charge in [0.25, 0.3) is 5.91 Å². The molecule has 2 N–H and O–H groups in total. The van der Waals surface area contributed by atoms with E-state index in [4.69, 9.17) is 11.6 Å². The molecule has 24 heavy (non-hydrogen) atoms. The minimum absolute atomic E-state index is 0.00156. The maximum atomic E-state index is 12.7. The standard InChI is InChI=1S/C18H25ClN2O3/c19-16-3-1-13(2-4-16)18(24)21-10-14(15(11-21)12-22)9-20-7-5-17(23)6-8-20/h1-4,14-15,17,22-23H,5-12H2. The molecular weight excluding hydrogens is 328 g/mol. The quantitative estimate of drug-likeness (QED) is 0.861. The van der Waals surface area contributed by atoms with Gasteiger partial charge in [0.05, 0.1) is 6.10 Å². The van der Waals surface area contributed by atoms with E-state index in [1.165, 1.54) is 0 Å². The summed E-state index contributed by atoms with van der Waals surface area (Å²) in [5, 5.41) is 19.9. The first kappa shape index (κ1) is 17.7. The number of likely N-dealkylation sites (tertiary alicyclic amines) is 2. The Balaban J connectivity index is 1.61. The molecule has 5 nitrogen and oxygen atoms in total. The Labute approximate surface area is 147 Å². The van der Waals surface area contributed by atoms with E-state index in [2.05, 4.69) is 4.90 Å². The van der Waals surface area contributed by atoms with Crippen molar-refractivity contribution < 1.29 is 15.0 Å². The zero-order chi connectivity index (χ0) is 17.1. The highest BCUT2D eigenvalue weighted by molar-refractivity contribution is 6.30. The predicted molar refractivity (Wildman–Crippen MR) is 93.1 cm³/mol. The summed E-state index contributed by atoms with van der Waals surface area (Å²) in [6, 6.07) is 6.95. The summed E-state index contributed by atoms with van der Waals surface area (Å²) in [6.07, 6.45) is 1.44. The predicted octanol–water partition coefficient (Wildman–Crippen LogP) is 1.48. The fourth-order valence-corrected chi connectivity index (χ4v) is 3.85. The number of benzene rings is 1. The summed E-state index contributed by atoms with van der Waals surface area (Å²) in [5.74, 6) is 0.399. The number of piperidine rings is 1. The molecule has 1 amide bonds. The van der Waals surface area contributed by atoms with Gasteiger partial charge in [0, 0.05) is 55.8 Å². The molecule has 2 unspecified atom stereocenters. The van der Waals surface area contributed by atoms with Gasteiger partial charge < -0.3 is 20.0 Å². The summed E-state index contributed by atoms with van der Waals surface area (Å²) in [7, 11) is 0. The minimum atomic E-state index is -0.179. The molecule has 1 aromatic carbocycles. The first-order valence-electron chi connectivity index (χ1n) is 8.63. The van der Waals surface area contributed by atoms with Crippen LogP contribution < -0.4 is 0 Å². The third kappa shape index (κ3) is 4.09. The maximum Gasteiger partial charge on any atom is 0.253 e. The van der Waals surface area contributed by atoms with Gasteiger partial charge in [-0.2, -0.15) is 0 Å². The van der Waals surface area contributed by atoms with Crippen LogP contribution in [0.5, 0.6) is 0 Å². The van der Waals surface area contributed by atoms with Crippen LogP contribution in [-0.2, 0) is 0 Å². The number of nitrogens with zero attached hydrogens (tertiary/aromatic N) is 2. The van der Waals surface area contributed by atoms with E-state index in [1.54, 1.807) is 24.3 Å². The molecule has 2 aliphatic heterocycles. The molecular formula is C18H25ClN2O3. The maximum absolute atomic E-state index is 12.7. The van der Waals surface area contributed by atoms with Crippen LogP contribution in [-0.4, -0.2) is 71.4 Å². The lowest BCUT2D eigenvalue weighted by molar-refractivity contribution is 0.0679. The van der Waals surface area contributed by atoms with E-state index >= 15 is 0 Å². The highest BCUT2D eigenvalue weighted by atomic mass is 35.5. The van der Waals surface area contributed by atoms with Gasteiger partial charge in [-0.3, -0.25) is 4.79 Å². The van der Waals surface area contributed by atoms with Crippen molar-refractivity contribution in [1.82, 2.24) is 9.80 Å². The Morgan fingerprint density at radius 2 is 1.75 bits per heavy atom. The number of hydrogen-bond donors (Lipinski definition) is 2. The van der Waals surface area contributed by atoms with Gasteiger partial charge in [0.1, 0.15) is 0 Å². The van der Waals surface area contributed by atoms with Crippen LogP contribution in [0, 0.1) is 11.8 Å². The molecule has 1 aromatic rings. The highest BCUT2D eigenvalue weighted by Crippen LogP contribution is 2.27. The van der Waals surface area contributed by atoms with Gasteiger partial charge in [-0.1, -0.05) is 11.6 Å². The smallest absolute Gasteiger partial charge is 0.253 e. The second-order valence-corrected chi connectivity index (χ2v) is 7.39. The molecule has 6 heteroatoms.